The SMILES string of the molecule is O=C(O)[C@H](Cc1ccccc1)c1ccc(F)cc1. The van der Waals surface area contributed by atoms with E-state index < -0.39 is 11.9 Å². The van der Waals surface area contributed by atoms with Gasteiger partial charge < -0.3 is 5.11 Å². The lowest BCUT2D eigenvalue weighted by Gasteiger charge is -2.12. The van der Waals surface area contributed by atoms with Gasteiger partial charge in [0.25, 0.3) is 0 Å². The average molecular weight is 244 g/mol. The third-order valence-electron chi connectivity index (χ3n) is 2.85. The van der Waals surface area contributed by atoms with Crippen molar-refractivity contribution in [1.29, 1.82) is 0 Å². The molecule has 18 heavy (non-hydrogen) atoms. The number of hydrogen-bond acceptors (Lipinski definition) is 1. The molecule has 0 aliphatic heterocycles. The van der Waals surface area contributed by atoms with Gasteiger partial charge in [0.1, 0.15) is 5.82 Å². The quantitative estimate of drug-likeness (QED) is 0.896. The average Bonchev–Trinajstić information content (AvgIpc) is 2.38. The molecule has 0 aliphatic rings. The van der Waals surface area contributed by atoms with Gasteiger partial charge in [0.15, 0.2) is 0 Å². The first-order valence-corrected chi connectivity index (χ1v) is 5.69. The summed E-state index contributed by atoms with van der Waals surface area (Å²) < 4.78 is 12.8. The molecule has 0 heterocycles. The highest BCUT2D eigenvalue weighted by molar-refractivity contribution is 5.76. The summed E-state index contributed by atoms with van der Waals surface area (Å²) in [5.41, 5.74) is 1.57. The number of carbonyl (C=O) groups is 1. The molecule has 92 valence electrons. The van der Waals surface area contributed by atoms with Gasteiger partial charge in [-0.1, -0.05) is 42.5 Å². The van der Waals surface area contributed by atoms with E-state index in [2.05, 4.69) is 0 Å². The van der Waals surface area contributed by atoms with Crippen LogP contribution < -0.4 is 0 Å². The van der Waals surface area contributed by atoms with Gasteiger partial charge in [-0.15, -0.1) is 0 Å². The first kappa shape index (κ1) is 12.3. The van der Waals surface area contributed by atoms with Crippen molar-refractivity contribution in [2.75, 3.05) is 0 Å². The fraction of sp³-hybridized carbons (Fsp3) is 0.133. The molecule has 0 bridgehead atoms. The van der Waals surface area contributed by atoms with Crippen molar-refractivity contribution in [2.45, 2.75) is 12.3 Å². The topological polar surface area (TPSA) is 37.3 Å². The standard InChI is InChI=1S/C15H13FO2/c16-13-8-6-12(7-9-13)14(15(17)18)10-11-4-2-1-3-5-11/h1-9,14H,10H2,(H,17,18)/t14-/m1/s1. The number of halogens is 1. The minimum absolute atomic E-state index is 0.359. The summed E-state index contributed by atoms with van der Waals surface area (Å²) in [6.07, 6.45) is 0.405. The summed E-state index contributed by atoms with van der Waals surface area (Å²) in [6.45, 7) is 0. The molecule has 3 heteroatoms. The highest BCUT2D eigenvalue weighted by atomic mass is 19.1. The Morgan fingerprint density at radius 3 is 2.22 bits per heavy atom. The van der Waals surface area contributed by atoms with Crippen molar-refractivity contribution < 1.29 is 14.3 Å². The van der Waals surface area contributed by atoms with Crippen LogP contribution in [-0.4, -0.2) is 11.1 Å². The second-order valence-corrected chi connectivity index (χ2v) is 4.13. The normalized spacial score (nSPS) is 12.1. The Labute approximate surface area is 105 Å². The fourth-order valence-corrected chi connectivity index (χ4v) is 1.89. The van der Waals surface area contributed by atoms with Gasteiger partial charge in [0.2, 0.25) is 0 Å². The monoisotopic (exact) mass is 244 g/mol. The second-order valence-electron chi connectivity index (χ2n) is 4.13. The maximum absolute atomic E-state index is 12.8. The van der Waals surface area contributed by atoms with E-state index in [1.54, 1.807) is 0 Å². The predicted molar refractivity (Wildman–Crippen MR) is 66.9 cm³/mol. The lowest BCUT2D eigenvalue weighted by molar-refractivity contribution is -0.138. The number of benzene rings is 2. The lowest BCUT2D eigenvalue weighted by Crippen LogP contribution is -2.14. The Morgan fingerprint density at radius 1 is 1.06 bits per heavy atom. The minimum atomic E-state index is -0.898. The van der Waals surface area contributed by atoms with Crippen molar-refractivity contribution in [3.05, 3.63) is 71.5 Å². The van der Waals surface area contributed by atoms with Crippen LogP contribution in [0.15, 0.2) is 54.6 Å². The van der Waals surface area contributed by atoms with Gasteiger partial charge in [0, 0.05) is 0 Å². The zero-order valence-electron chi connectivity index (χ0n) is 9.71. The Bertz CT molecular complexity index is 520. The summed E-state index contributed by atoms with van der Waals surface area (Å²) in [6, 6.07) is 15.0. The zero-order valence-corrected chi connectivity index (χ0v) is 9.71. The Kier molecular flexibility index (Phi) is 3.72. The summed E-state index contributed by atoms with van der Waals surface area (Å²) in [5, 5.41) is 9.26. The van der Waals surface area contributed by atoms with Gasteiger partial charge in [-0.2, -0.15) is 0 Å². The van der Waals surface area contributed by atoms with Crippen molar-refractivity contribution in [3.63, 3.8) is 0 Å². The molecule has 0 radical (unpaired) electrons. The maximum atomic E-state index is 12.8. The first-order valence-electron chi connectivity index (χ1n) is 5.69. The zero-order chi connectivity index (χ0) is 13.0. The second kappa shape index (κ2) is 5.45. The molecule has 1 N–H and O–H groups in total. The smallest absolute Gasteiger partial charge is 0.311 e. The Morgan fingerprint density at radius 2 is 1.67 bits per heavy atom. The number of aliphatic carboxylic acids is 1. The summed E-state index contributed by atoms with van der Waals surface area (Å²) in [7, 11) is 0. The van der Waals surface area contributed by atoms with Crippen molar-refractivity contribution in [1.82, 2.24) is 0 Å². The molecule has 0 spiro atoms. The lowest BCUT2D eigenvalue weighted by atomic mass is 9.92. The van der Waals surface area contributed by atoms with Gasteiger partial charge >= 0.3 is 5.97 Å². The van der Waals surface area contributed by atoms with Crippen LogP contribution in [0.1, 0.15) is 17.0 Å². The molecule has 2 aromatic rings. The van der Waals surface area contributed by atoms with E-state index in [4.69, 9.17) is 0 Å². The molecule has 2 rings (SSSR count). The van der Waals surface area contributed by atoms with E-state index in [9.17, 15) is 14.3 Å². The number of hydrogen-bond donors (Lipinski definition) is 1. The molecular weight excluding hydrogens is 231 g/mol. The van der Waals surface area contributed by atoms with E-state index in [0.29, 0.717) is 12.0 Å². The van der Waals surface area contributed by atoms with Crippen LogP contribution in [0.2, 0.25) is 0 Å². The molecule has 1 atom stereocenters. The van der Waals surface area contributed by atoms with E-state index in [1.807, 2.05) is 30.3 Å². The van der Waals surface area contributed by atoms with E-state index in [-0.39, 0.29) is 5.82 Å². The number of carboxylic acid groups (broad SMARTS) is 1. The van der Waals surface area contributed by atoms with Crippen molar-refractivity contribution in [2.24, 2.45) is 0 Å². The first-order chi connectivity index (χ1) is 8.66. The molecule has 2 aromatic carbocycles. The molecule has 0 unspecified atom stereocenters. The van der Waals surface area contributed by atoms with E-state index >= 15 is 0 Å². The Hall–Kier alpha value is -2.16. The van der Waals surface area contributed by atoms with Gasteiger partial charge in [0.05, 0.1) is 5.92 Å². The summed E-state index contributed by atoms with van der Waals surface area (Å²) in [5.74, 6) is -1.90. The predicted octanol–water partition coefficient (Wildman–Crippen LogP) is 3.24. The molecular formula is C15H13FO2. The van der Waals surface area contributed by atoms with Crippen molar-refractivity contribution >= 4 is 5.97 Å². The van der Waals surface area contributed by atoms with Crippen LogP contribution in [0, 0.1) is 5.82 Å². The molecule has 0 fully saturated rings. The minimum Gasteiger partial charge on any atom is -0.481 e. The maximum Gasteiger partial charge on any atom is 0.311 e. The third kappa shape index (κ3) is 2.94. The molecule has 0 aromatic heterocycles. The van der Waals surface area contributed by atoms with Crippen LogP contribution in [0.5, 0.6) is 0 Å². The van der Waals surface area contributed by atoms with E-state index in [0.717, 1.165) is 5.56 Å². The largest absolute Gasteiger partial charge is 0.481 e. The van der Waals surface area contributed by atoms with Gasteiger partial charge in [-0.25, -0.2) is 4.39 Å². The van der Waals surface area contributed by atoms with Crippen LogP contribution in [0.4, 0.5) is 4.39 Å². The van der Waals surface area contributed by atoms with Crippen LogP contribution in [-0.2, 0) is 11.2 Å². The van der Waals surface area contributed by atoms with Gasteiger partial charge in [-0.3, -0.25) is 4.79 Å². The highest BCUT2D eigenvalue weighted by Gasteiger charge is 2.20. The van der Waals surface area contributed by atoms with Crippen LogP contribution >= 0.6 is 0 Å². The molecule has 0 saturated heterocycles. The number of rotatable bonds is 4. The van der Waals surface area contributed by atoms with Gasteiger partial charge in [-0.05, 0) is 29.7 Å². The summed E-state index contributed by atoms with van der Waals surface area (Å²) >= 11 is 0. The Balaban J connectivity index is 2.24. The number of carboxylic acids is 1. The third-order valence-corrected chi connectivity index (χ3v) is 2.85. The summed E-state index contributed by atoms with van der Waals surface area (Å²) in [4.78, 5) is 11.3. The molecule has 0 saturated carbocycles. The van der Waals surface area contributed by atoms with E-state index in [1.165, 1.54) is 24.3 Å². The molecule has 0 aliphatic carbocycles. The van der Waals surface area contributed by atoms with Crippen LogP contribution in [0.3, 0.4) is 0 Å². The molecule has 2 nitrogen and oxygen atoms in total. The fourth-order valence-electron chi connectivity index (χ4n) is 1.89. The van der Waals surface area contributed by atoms with Crippen LogP contribution in [0.25, 0.3) is 0 Å². The molecule has 0 amide bonds. The highest BCUT2D eigenvalue weighted by Crippen LogP contribution is 2.21. The van der Waals surface area contributed by atoms with Crippen molar-refractivity contribution in [3.8, 4) is 0 Å².